The Morgan fingerprint density at radius 1 is 1.40 bits per heavy atom. The molecule has 1 amide bonds. The van der Waals surface area contributed by atoms with Crippen molar-refractivity contribution in [1.82, 2.24) is 10.0 Å². The number of methoxy groups -OCH3 is 1. The maximum absolute atomic E-state index is 11.6. The molecule has 0 fully saturated rings. The van der Waals surface area contributed by atoms with Crippen molar-refractivity contribution < 1.29 is 14.4 Å². The number of rotatable bonds is 3. The van der Waals surface area contributed by atoms with Crippen LogP contribution in [0, 0.1) is 6.92 Å². The van der Waals surface area contributed by atoms with Crippen LogP contribution in [0.1, 0.15) is 16.2 Å². The largest absolute Gasteiger partial charge is 0.495 e. The average Bonchev–Trinajstić information content (AvgIpc) is 2.26. The van der Waals surface area contributed by atoms with E-state index < -0.39 is 0 Å². The highest BCUT2D eigenvalue weighted by Crippen LogP contribution is 2.15. The molecule has 0 aromatic carbocycles. The van der Waals surface area contributed by atoms with E-state index >= 15 is 0 Å². The van der Waals surface area contributed by atoms with Gasteiger partial charge in [0.05, 0.1) is 19.9 Å². The molecular weight excluding hydrogens is 196 g/mol. The highest BCUT2D eigenvalue weighted by Gasteiger charge is 2.13. The topological polar surface area (TPSA) is 51.7 Å². The van der Waals surface area contributed by atoms with Crippen LogP contribution < -0.4 is 4.74 Å². The average molecular weight is 210 g/mol. The van der Waals surface area contributed by atoms with Gasteiger partial charge < -0.3 is 4.74 Å². The van der Waals surface area contributed by atoms with Crippen LogP contribution in [0.4, 0.5) is 0 Å². The standard InChI is InChI=1S/C10H14N2O3/c1-7-9(14-3)6-5-8(11-7)10(13)12(2)15-4/h5-6H,1-4H3. The number of hydroxylamine groups is 2. The van der Waals surface area contributed by atoms with E-state index in [0.29, 0.717) is 17.1 Å². The smallest absolute Gasteiger partial charge is 0.295 e. The summed E-state index contributed by atoms with van der Waals surface area (Å²) in [5.41, 5.74) is 1.01. The Hall–Kier alpha value is -1.62. The lowest BCUT2D eigenvalue weighted by Gasteiger charge is -2.13. The molecule has 0 N–H and O–H groups in total. The molecular formula is C10H14N2O3. The Morgan fingerprint density at radius 3 is 2.53 bits per heavy atom. The number of amides is 1. The van der Waals surface area contributed by atoms with Gasteiger partial charge in [-0.2, -0.15) is 0 Å². The molecule has 0 saturated carbocycles. The Kier molecular flexibility index (Phi) is 3.62. The van der Waals surface area contributed by atoms with E-state index in [-0.39, 0.29) is 5.91 Å². The van der Waals surface area contributed by atoms with E-state index in [2.05, 4.69) is 4.98 Å². The zero-order chi connectivity index (χ0) is 11.4. The third-order valence-corrected chi connectivity index (χ3v) is 2.04. The fourth-order valence-corrected chi connectivity index (χ4v) is 1.13. The lowest BCUT2D eigenvalue weighted by atomic mass is 10.3. The summed E-state index contributed by atoms with van der Waals surface area (Å²) in [6.45, 7) is 1.78. The molecule has 1 heterocycles. The number of aryl methyl sites for hydroxylation is 1. The Morgan fingerprint density at radius 2 is 2.07 bits per heavy atom. The normalized spacial score (nSPS) is 9.87. The minimum atomic E-state index is -0.289. The highest BCUT2D eigenvalue weighted by molar-refractivity contribution is 5.91. The van der Waals surface area contributed by atoms with Gasteiger partial charge in [-0.15, -0.1) is 0 Å². The minimum absolute atomic E-state index is 0.289. The highest BCUT2D eigenvalue weighted by atomic mass is 16.7. The maximum atomic E-state index is 11.6. The Bertz CT molecular complexity index is 366. The second-order valence-corrected chi connectivity index (χ2v) is 2.97. The number of pyridine rings is 1. The first kappa shape index (κ1) is 11.5. The second kappa shape index (κ2) is 4.75. The summed E-state index contributed by atoms with van der Waals surface area (Å²) in [5.74, 6) is 0.370. The van der Waals surface area contributed by atoms with Crippen LogP contribution in [-0.4, -0.2) is 37.2 Å². The monoisotopic (exact) mass is 210 g/mol. The Labute approximate surface area is 88.6 Å². The van der Waals surface area contributed by atoms with E-state index in [0.717, 1.165) is 5.06 Å². The van der Waals surface area contributed by atoms with Crippen molar-refractivity contribution in [2.75, 3.05) is 21.3 Å². The van der Waals surface area contributed by atoms with Gasteiger partial charge in [-0.05, 0) is 19.1 Å². The number of nitrogens with zero attached hydrogens (tertiary/aromatic N) is 2. The van der Waals surface area contributed by atoms with Gasteiger partial charge in [-0.1, -0.05) is 0 Å². The molecule has 5 nitrogen and oxygen atoms in total. The van der Waals surface area contributed by atoms with Gasteiger partial charge in [0.2, 0.25) is 0 Å². The van der Waals surface area contributed by atoms with Crippen LogP contribution >= 0.6 is 0 Å². The molecule has 0 saturated heterocycles. The van der Waals surface area contributed by atoms with Crippen molar-refractivity contribution in [2.24, 2.45) is 0 Å². The van der Waals surface area contributed by atoms with Gasteiger partial charge in [0, 0.05) is 7.05 Å². The van der Waals surface area contributed by atoms with Crippen LogP contribution in [-0.2, 0) is 4.84 Å². The molecule has 0 aliphatic carbocycles. The predicted octanol–water partition coefficient (Wildman–Crippen LogP) is 1.03. The molecule has 0 aliphatic rings. The van der Waals surface area contributed by atoms with Gasteiger partial charge in [0.25, 0.3) is 5.91 Å². The van der Waals surface area contributed by atoms with Gasteiger partial charge in [0.1, 0.15) is 11.4 Å². The summed E-state index contributed by atoms with van der Waals surface area (Å²) in [4.78, 5) is 20.5. The van der Waals surface area contributed by atoms with Crippen LogP contribution in [0.15, 0.2) is 12.1 Å². The number of hydrogen-bond donors (Lipinski definition) is 0. The molecule has 0 unspecified atom stereocenters. The van der Waals surface area contributed by atoms with Crippen LogP contribution in [0.25, 0.3) is 0 Å². The fraction of sp³-hybridized carbons (Fsp3) is 0.400. The lowest BCUT2D eigenvalue weighted by Crippen LogP contribution is -2.26. The van der Waals surface area contributed by atoms with Gasteiger partial charge in [-0.25, -0.2) is 10.0 Å². The van der Waals surface area contributed by atoms with Crippen molar-refractivity contribution >= 4 is 5.91 Å². The van der Waals surface area contributed by atoms with E-state index in [1.165, 1.54) is 14.2 Å². The summed E-state index contributed by atoms with van der Waals surface area (Å²) in [7, 11) is 4.52. The molecule has 0 atom stereocenters. The minimum Gasteiger partial charge on any atom is -0.495 e. The first-order valence-corrected chi connectivity index (χ1v) is 4.44. The number of carbonyl (C=O) groups excluding carboxylic acids is 1. The summed E-state index contributed by atoms with van der Waals surface area (Å²) < 4.78 is 5.05. The van der Waals surface area contributed by atoms with Gasteiger partial charge >= 0.3 is 0 Å². The lowest BCUT2D eigenvalue weighted by molar-refractivity contribution is -0.0760. The van der Waals surface area contributed by atoms with Crippen LogP contribution in [0.5, 0.6) is 5.75 Å². The second-order valence-electron chi connectivity index (χ2n) is 2.97. The van der Waals surface area contributed by atoms with Crippen molar-refractivity contribution in [3.63, 3.8) is 0 Å². The first-order chi connectivity index (χ1) is 7.10. The maximum Gasteiger partial charge on any atom is 0.295 e. The molecule has 1 rings (SSSR count). The summed E-state index contributed by atoms with van der Waals surface area (Å²) in [5, 5.41) is 1.12. The quantitative estimate of drug-likeness (QED) is 0.699. The zero-order valence-electron chi connectivity index (χ0n) is 9.27. The molecule has 0 aliphatic heterocycles. The molecule has 5 heteroatoms. The third kappa shape index (κ3) is 2.44. The van der Waals surface area contributed by atoms with E-state index in [1.807, 2.05) is 0 Å². The number of aromatic nitrogens is 1. The van der Waals surface area contributed by atoms with Crippen molar-refractivity contribution in [1.29, 1.82) is 0 Å². The van der Waals surface area contributed by atoms with Gasteiger partial charge in [-0.3, -0.25) is 9.63 Å². The molecule has 15 heavy (non-hydrogen) atoms. The summed E-state index contributed by atoms with van der Waals surface area (Å²) in [6, 6.07) is 3.31. The molecule has 82 valence electrons. The SMILES string of the molecule is COc1ccc(C(=O)N(C)OC)nc1C. The number of carbonyl (C=O) groups is 1. The van der Waals surface area contributed by atoms with E-state index in [9.17, 15) is 4.79 Å². The molecule has 1 aromatic rings. The summed E-state index contributed by atoms with van der Waals surface area (Å²) in [6.07, 6.45) is 0. The number of ether oxygens (including phenoxy) is 1. The molecule has 0 radical (unpaired) electrons. The van der Waals surface area contributed by atoms with Crippen molar-refractivity contribution in [3.05, 3.63) is 23.5 Å². The van der Waals surface area contributed by atoms with Crippen LogP contribution in [0.3, 0.4) is 0 Å². The molecule has 0 bridgehead atoms. The van der Waals surface area contributed by atoms with Crippen LogP contribution in [0.2, 0.25) is 0 Å². The summed E-state index contributed by atoms with van der Waals surface area (Å²) >= 11 is 0. The third-order valence-electron chi connectivity index (χ3n) is 2.04. The van der Waals surface area contributed by atoms with E-state index in [4.69, 9.17) is 9.57 Å². The van der Waals surface area contributed by atoms with Crippen molar-refractivity contribution in [2.45, 2.75) is 6.92 Å². The van der Waals surface area contributed by atoms with Crippen molar-refractivity contribution in [3.8, 4) is 5.75 Å². The molecule has 0 spiro atoms. The predicted molar refractivity (Wildman–Crippen MR) is 54.6 cm³/mol. The van der Waals surface area contributed by atoms with E-state index in [1.54, 1.807) is 26.2 Å². The fourth-order valence-electron chi connectivity index (χ4n) is 1.13. The Balaban J connectivity index is 2.97. The molecule has 1 aromatic heterocycles. The zero-order valence-corrected chi connectivity index (χ0v) is 9.27. The van der Waals surface area contributed by atoms with Gasteiger partial charge in [0.15, 0.2) is 0 Å². The number of hydrogen-bond acceptors (Lipinski definition) is 4. The first-order valence-electron chi connectivity index (χ1n) is 4.44.